The molecule has 3 rings (SSSR count). The van der Waals surface area contributed by atoms with Gasteiger partial charge in [0.1, 0.15) is 0 Å². The number of hydrogen-bond donors (Lipinski definition) is 2. The number of carbonyl (C=O) groups is 2. The van der Waals surface area contributed by atoms with Crippen molar-refractivity contribution >= 4 is 12.2 Å². The van der Waals surface area contributed by atoms with Crippen LogP contribution in [0.25, 0.3) is 11.3 Å². The molecule has 0 radical (unpaired) electrons. The van der Waals surface area contributed by atoms with Gasteiger partial charge in [-0.1, -0.05) is 0 Å². The number of aliphatic hydroxyl groups is 1. The van der Waals surface area contributed by atoms with E-state index in [0.717, 1.165) is 17.5 Å². The lowest BCUT2D eigenvalue weighted by Crippen LogP contribution is -2.30. The van der Waals surface area contributed by atoms with Gasteiger partial charge in [0.2, 0.25) is 0 Å². The molecule has 1 aliphatic rings. The van der Waals surface area contributed by atoms with Crippen molar-refractivity contribution in [2.45, 2.75) is 26.0 Å². The van der Waals surface area contributed by atoms with E-state index >= 15 is 0 Å². The Morgan fingerprint density at radius 1 is 1.35 bits per heavy atom. The van der Waals surface area contributed by atoms with Crippen LogP contribution < -0.4 is 14.8 Å². The van der Waals surface area contributed by atoms with Gasteiger partial charge in [0.25, 0.3) is 5.91 Å². The highest BCUT2D eigenvalue weighted by Crippen LogP contribution is 2.40. The predicted octanol–water partition coefficient (Wildman–Crippen LogP) is 1.65. The fourth-order valence-electron chi connectivity index (χ4n) is 3.27. The van der Waals surface area contributed by atoms with Crippen molar-refractivity contribution in [1.29, 1.82) is 0 Å². The largest absolute Gasteiger partial charge is 0.493 e. The van der Waals surface area contributed by atoms with Gasteiger partial charge in [0.15, 0.2) is 17.8 Å². The highest BCUT2D eigenvalue weighted by atomic mass is 16.5. The average molecular weight is 358 g/mol. The summed E-state index contributed by atoms with van der Waals surface area (Å²) in [5.41, 5.74) is 3.22. The van der Waals surface area contributed by atoms with Crippen LogP contribution in [0.4, 0.5) is 0 Å². The second-order valence-corrected chi connectivity index (χ2v) is 6.29. The van der Waals surface area contributed by atoms with Gasteiger partial charge in [-0.3, -0.25) is 9.59 Å². The number of nitrogens with zero attached hydrogens (tertiary/aromatic N) is 1. The summed E-state index contributed by atoms with van der Waals surface area (Å²) in [6, 6.07) is 3.75. The fourth-order valence-corrected chi connectivity index (χ4v) is 3.27. The van der Waals surface area contributed by atoms with Crippen molar-refractivity contribution < 1.29 is 24.2 Å². The van der Waals surface area contributed by atoms with E-state index in [1.165, 1.54) is 0 Å². The third-order valence-electron chi connectivity index (χ3n) is 4.52. The zero-order valence-electron chi connectivity index (χ0n) is 15.0. The summed E-state index contributed by atoms with van der Waals surface area (Å²) < 4.78 is 12.6. The van der Waals surface area contributed by atoms with Crippen LogP contribution in [0.3, 0.4) is 0 Å². The first kappa shape index (κ1) is 18.0. The Morgan fingerprint density at radius 2 is 2.04 bits per heavy atom. The van der Waals surface area contributed by atoms with Gasteiger partial charge < -0.3 is 24.5 Å². The summed E-state index contributed by atoms with van der Waals surface area (Å²) in [7, 11) is 3.14. The van der Waals surface area contributed by atoms with Crippen LogP contribution in [-0.2, 0) is 13.0 Å². The van der Waals surface area contributed by atoms with E-state index in [-0.39, 0.29) is 12.5 Å². The van der Waals surface area contributed by atoms with E-state index in [9.17, 15) is 14.7 Å². The molecular formula is C19H22N2O5. The smallest absolute Gasteiger partial charge is 0.253 e. The molecule has 1 aromatic heterocycles. The molecule has 2 aromatic rings. The van der Waals surface area contributed by atoms with Crippen molar-refractivity contribution in [2.24, 2.45) is 0 Å². The number of ether oxygens (including phenoxy) is 2. The molecule has 2 N–H and O–H groups in total. The molecule has 1 amide bonds. The Morgan fingerprint density at radius 3 is 2.65 bits per heavy atom. The maximum atomic E-state index is 12.4. The lowest BCUT2D eigenvalue weighted by molar-refractivity contribution is 0.0920. The summed E-state index contributed by atoms with van der Waals surface area (Å²) in [4.78, 5) is 24.2. The number of methoxy groups -OCH3 is 2. The van der Waals surface area contributed by atoms with Gasteiger partial charge in [0, 0.05) is 24.8 Å². The van der Waals surface area contributed by atoms with Crippen LogP contribution in [0.15, 0.2) is 18.3 Å². The van der Waals surface area contributed by atoms with E-state index in [1.54, 1.807) is 27.3 Å². The molecule has 138 valence electrons. The highest BCUT2D eigenvalue weighted by Gasteiger charge is 2.27. The van der Waals surface area contributed by atoms with Gasteiger partial charge in [-0.05, 0) is 31.0 Å². The minimum absolute atomic E-state index is 0.124. The molecule has 1 unspecified atom stereocenters. The summed E-state index contributed by atoms with van der Waals surface area (Å²) >= 11 is 0. The van der Waals surface area contributed by atoms with Gasteiger partial charge >= 0.3 is 0 Å². The van der Waals surface area contributed by atoms with Crippen molar-refractivity contribution in [3.05, 3.63) is 35.0 Å². The lowest BCUT2D eigenvalue weighted by Gasteiger charge is -2.22. The molecule has 2 heterocycles. The summed E-state index contributed by atoms with van der Waals surface area (Å²) in [6.45, 7) is 2.36. The number of aromatic nitrogens is 1. The summed E-state index contributed by atoms with van der Waals surface area (Å²) in [5, 5.41) is 12.0. The lowest BCUT2D eigenvalue weighted by atomic mass is 9.95. The zero-order chi connectivity index (χ0) is 18.8. The molecule has 1 aromatic carbocycles. The topological polar surface area (TPSA) is 89.8 Å². The molecule has 26 heavy (non-hydrogen) atoms. The molecule has 1 aliphatic heterocycles. The summed E-state index contributed by atoms with van der Waals surface area (Å²) in [5.74, 6) is 0.823. The molecule has 7 heteroatoms. The second kappa shape index (κ2) is 7.21. The van der Waals surface area contributed by atoms with Crippen LogP contribution in [0.5, 0.6) is 11.5 Å². The van der Waals surface area contributed by atoms with Crippen molar-refractivity contribution in [2.75, 3.05) is 20.8 Å². The molecule has 0 bridgehead atoms. The van der Waals surface area contributed by atoms with E-state index < -0.39 is 6.10 Å². The first-order chi connectivity index (χ1) is 12.5. The number of nitrogens with one attached hydrogen (secondary N) is 1. The standard InChI is InChI=1S/C19H22N2O5/c1-11(23)8-20-19(24)14-9-21-5-4-12-6-16(25-2)17(26-3)7-13(12)18(21)15(14)10-22/h6-7,9-11,23H,4-5,8H2,1-3H3,(H,20,24). The van der Waals surface area contributed by atoms with Gasteiger partial charge in [-0.15, -0.1) is 0 Å². The minimum Gasteiger partial charge on any atom is -0.493 e. The minimum atomic E-state index is -0.659. The number of carbonyl (C=O) groups excluding carboxylic acids is 2. The number of aryl methyl sites for hydroxylation is 2. The molecule has 0 fully saturated rings. The third kappa shape index (κ3) is 3.06. The maximum absolute atomic E-state index is 12.4. The number of fused-ring (bicyclic) bond motifs is 3. The Kier molecular flexibility index (Phi) is 4.99. The Hall–Kier alpha value is -2.80. The van der Waals surface area contributed by atoms with E-state index in [0.29, 0.717) is 41.2 Å². The monoisotopic (exact) mass is 358 g/mol. The maximum Gasteiger partial charge on any atom is 0.253 e. The van der Waals surface area contributed by atoms with Gasteiger partial charge in [0.05, 0.1) is 37.1 Å². The number of benzene rings is 1. The first-order valence-electron chi connectivity index (χ1n) is 8.40. The third-order valence-corrected chi connectivity index (χ3v) is 4.52. The molecule has 0 spiro atoms. The molecule has 0 saturated heterocycles. The van der Waals surface area contributed by atoms with Crippen molar-refractivity contribution in [1.82, 2.24) is 9.88 Å². The van der Waals surface area contributed by atoms with Crippen LogP contribution >= 0.6 is 0 Å². The van der Waals surface area contributed by atoms with E-state index in [4.69, 9.17) is 9.47 Å². The van der Waals surface area contributed by atoms with Crippen LogP contribution in [0.2, 0.25) is 0 Å². The number of amides is 1. The molecule has 0 saturated carbocycles. The van der Waals surface area contributed by atoms with Crippen LogP contribution in [0.1, 0.15) is 33.2 Å². The predicted molar refractivity (Wildman–Crippen MR) is 96.1 cm³/mol. The van der Waals surface area contributed by atoms with Gasteiger partial charge in [-0.2, -0.15) is 0 Å². The van der Waals surface area contributed by atoms with Crippen molar-refractivity contribution in [3.63, 3.8) is 0 Å². The Labute approximate surface area is 151 Å². The van der Waals surface area contributed by atoms with Gasteiger partial charge in [-0.25, -0.2) is 0 Å². The molecule has 1 atom stereocenters. The zero-order valence-corrected chi connectivity index (χ0v) is 15.0. The Bertz CT molecular complexity index is 854. The first-order valence-corrected chi connectivity index (χ1v) is 8.40. The number of rotatable bonds is 6. The quantitative estimate of drug-likeness (QED) is 0.767. The number of aldehydes is 1. The normalized spacial score (nSPS) is 13.4. The fraction of sp³-hybridized carbons (Fsp3) is 0.368. The highest BCUT2D eigenvalue weighted by molar-refractivity contribution is 6.05. The SMILES string of the molecule is COc1cc2c(cc1OC)-c1c(C=O)c(C(=O)NCC(C)O)cn1CC2. The molecule has 0 aliphatic carbocycles. The van der Waals surface area contributed by atoms with Crippen LogP contribution in [0, 0.1) is 0 Å². The van der Waals surface area contributed by atoms with Crippen molar-refractivity contribution in [3.8, 4) is 22.8 Å². The summed E-state index contributed by atoms with van der Waals surface area (Å²) in [6.07, 6.45) is 2.49. The van der Waals surface area contributed by atoms with E-state index in [2.05, 4.69) is 5.32 Å². The number of aliphatic hydroxyl groups excluding tert-OH is 1. The number of hydrogen-bond acceptors (Lipinski definition) is 5. The Balaban J connectivity index is 2.10. The molecular weight excluding hydrogens is 336 g/mol. The second-order valence-electron chi connectivity index (χ2n) is 6.29. The van der Waals surface area contributed by atoms with Crippen LogP contribution in [-0.4, -0.2) is 48.7 Å². The molecule has 7 nitrogen and oxygen atoms in total. The van der Waals surface area contributed by atoms with E-state index in [1.807, 2.05) is 16.7 Å². The average Bonchev–Trinajstić information content (AvgIpc) is 3.03.